The van der Waals surface area contributed by atoms with Crippen LogP contribution in [-0.2, 0) is 6.42 Å². The second-order valence-corrected chi connectivity index (χ2v) is 6.39. The van der Waals surface area contributed by atoms with Crippen LogP contribution in [0.4, 0.5) is 0 Å². The number of pyridine rings is 1. The summed E-state index contributed by atoms with van der Waals surface area (Å²) in [5.41, 5.74) is 5.55. The SMILES string of the molecule is C=C(c1cccc2c1C=CCC2)c1nccc2cc(OC)c(OC)cc12. The smallest absolute Gasteiger partial charge is 0.161 e. The monoisotopic (exact) mass is 343 g/mol. The zero-order valence-corrected chi connectivity index (χ0v) is 15.1. The van der Waals surface area contributed by atoms with Crippen LogP contribution in [0.1, 0.15) is 28.8 Å². The van der Waals surface area contributed by atoms with Crippen molar-refractivity contribution >= 4 is 22.4 Å². The van der Waals surface area contributed by atoms with E-state index in [1.807, 2.05) is 24.4 Å². The van der Waals surface area contributed by atoms with Crippen molar-refractivity contribution in [1.82, 2.24) is 4.98 Å². The number of ether oxygens (including phenoxy) is 2. The highest BCUT2D eigenvalue weighted by Crippen LogP contribution is 2.37. The third-order valence-electron chi connectivity index (χ3n) is 4.94. The van der Waals surface area contributed by atoms with Gasteiger partial charge in [0, 0.05) is 17.2 Å². The van der Waals surface area contributed by atoms with E-state index < -0.39 is 0 Å². The van der Waals surface area contributed by atoms with Gasteiger partial charge < -0.3 is 9.47 Å². The third-order valence-corrected chi connectivity index (χ3v) is 4.94. The second kappa shape index (κ2) is 6.68. The lowest BCUT2D eigenvalue weighted by molar-refractivity contribution is 0.356. The predicted molar refractivity (Wildman–Crippen MR) is 107 cm³/mol. The van der Waals surface area contributed by atoms with Crippen molar-refractivity contribution in [2.75, 3.05) is 14.2 Å². The van der Waals surface area contributed by atoms with Crippen molar-refractivity contribution in [3.05, 3.63) is 77.6 Å². The van der Waals surface area contributed by atoms with E-state index in [9.17, 15) is 0 Å². The highest BCUT2D eigenvalue weighted by atomic mass is 16.5. The number of rotatable bonds is 4. The van der Waals surface area contributed by atoms with Crippen LogP contribution in [0.15, 0.2) is 55.3 Å². The number of benzene rings is 2. The highest BCUT2D eigenvalue weighted by Gasteiger charge is 2.16. The van der Waals surface area contributed by atoms with E-state index in [1.54, 1.807) is 14.2 Å². The van der Waals surface area contributed by atoms with Gasteiger partial charge in [-0.1, -0.05) is 36.9 Å². The van der Waals surface area contributed by atoms with Crippen LogP contribution in [0, 0.1) is 0 Å². The Balaban J connectivity index is 1.90. The zero-order chi connectivity index (χ0) is 18.1. The number of hydrogen-bond donors (Lipinski definition) is 0. The lowest BCUT2D eigenvalue weighted by atomic mass is 9.88. The first kappa shape index (κ1) is 16.4. The van der Waals surface area contributed by atoms with Crippen LogP contribution in [0.3, 0.4) is 0 Å². The molecule has 2 aromatic carbocycles. The Labute approximate surface area is 153 Å². The molecule has 1 aliphatic carbocycles. The minimum Gasteiger partial charge on any atom is -0.493 e. The first-order valence-corrected chi connectivity index (χ1v) is 8.71. The molecule has 130 valence electrons. The molecule has 0 N–H and O–H groups in total. The molecular weight excluding hydrogens is 322 g/mol. The number of hydrogen-bond acceptors (Lipinski definition) is 3. The maximum atomic E-state index is 5.48. The predicted octanol–water partition coefficient (Wildman–Crippen LogP) is 5.27. The average molecular weight is 343 g/mol. The fraction of sp³-hybridized carbons (Fsp3) is 0.174. The van der Waals surface area contributed by atoms with Gasteiger partial charge in [-0.15, -0.1) is 0 Å². The fourth-order valence-corrected chi connectivity index (χ4v) is 3.60. The van der Waals surface area contributed by atoms with Crippen molar-refractivity contribution in [1.29, 1.82) is 0 Å². The van der Waals surface area contributed by atoms with Gasteiger partial charge >= 0.3 is 0 Å². The van der Waals surface area contributed by atoms with Gasteiger partial charge in [0.05, 0.1) is 19.9 Å². The Bertz CT molecular complexity index is 1030. The molecule has 0 fully saturated rings. The van der Waals surface area contributed by atoms with Crippen molar-refractivity contribution in [2.45, 2.75) is 12.8 Å². The summed E-state index contributed by atoms with van der Waals surface area (Å²) in [6.45, 7) is 4.38. The standard InChI is InChI=1S/C23H21NO2/c1-15(18-10-6-8-16-7-4-5-9-19(16)18)23-20-14-22(26-3)21(25-2)13-17(20)11-12-24-23/h5-6,8-14H,1,4,7H2,2-3H3. The molecule has 0 spiro atoms. The molecule has 0 atom stereocenters. The summed E-state index contributed by atoms with van der Waals surface area (Å²) in [7, 11) is 3.29. The molecule has 0 amide bonds. The number of fused-ring (bicyclic) bond motifs is 2. The zero-order valence-electron chi connectivity index (χ0n) is 15.1. The Hall–Kier alpha value is -3.07. The Kier molecular flexibility index (Phi) is 4.21. The number of methoxy groups -OCH3 is 2. The summed E-state index contributed by atoms with van der Waals surface area (Å²) in [6.07, 6.45) is 8.41. The highest BCUT2D eigenvalue weighted by molar-refractivity contribution is 5.98. The summed E-state index contributed by atoms with van der Waals surface area (Å²) in [6, 6.07) is 12.4. The minimum absolute atomic E-state index is 0.692. The van der Waals surface area contributed by atoms with Crippen LogP contribution in [0.5, 0.6) is 11.5 Å². The van der Waals surface area contributed by atoms with E-state index in [0.29, 0.717) is 11.5 Å². The number of aryl methyl sites for hydroxylation is 1. The van der Waals surface area contributed by atoms with Gasteiger partial charge in [-0.2, -0.15) is 0 Å². The van der Waals surface area contributed by atoms with Gasteiger partial charge in [0.1, 0.15) is 0 Å². The molecule has 0 saturated carbocycles. The Morgan fingerprint density at radius 3 is 2.69 bits per heavy atom. The van der Waals surface area contributed by atoms with Gasteiger partial charge in [-0.3, -0.25) is 4.98 Å². The first-order chi connectivity index (χ1) is 12.7. The molecule has 3 aromatic rings. The fourth-order valence-electron chi connectivity index (χ4n) is 3.60. The molecular formula is C23H21NO2. The largest absolute Gasteiger partial charge is 0.493 e. The van der Waals surface area contributed by atoms with Crippen LogP contribution in [0.25, 0.3) is 22.4 Å². The quantitative estimate of drug-likeness (QED) is 0.646. The summed E-state index contributed by atoms with van der Waals surface area (Å²) in [5.74, 6) is 1.40. The lowest BCUT2D eigenvalue weighted by Crippen LogP contribution is -2.01. The van der Waals surface area contributed by atoms with E-state index in [2.05, 4.69) is 41.9 Å². The maximum absolute atomic E-state index is 5.48. The third kappa shape index (κ3) is 2.66. The molecule has 0 saturated heterocycles. The summed E-state index contributed by atoms with van der Waals surface area (Å²) >= 11 is 0. The Morgan fingerprint density at radius 2 is 1.88 bits per heavy atom. The van der Waals surface area contributed by atoms with Crippen LogP contribution < -0.4 is 9.47 Å². The van der Waals surface area contributed by atoms with Gasteiger partial charge in [0.25, 0.3) is 0 Å². The molecule has 4 rings (SSSR count). The summed E-state index contributed by atoms with van der Waals surface area (Å²) in [5, 5.41) is 2.06. The summed E-state index contributed by atoms with van der Waals surface area (Å²) in [4.78, 5) is 4.64. The number of aromatic nitrogens is 1. The molecule has 1 aromatic heterocycles. The molecule has 0 radical (unpaired) electrons. The average Bonchev–Trinajstić information content (AvgIpc) is 2.71. The molecule has 1 aliphatic rings. The molecule has 0 bridgehead atoms. The molecule has 0 unspecified atom stereocenters. The van der Waals surface area contributed by atoms with E-state index >= 15 is 0 Å². The van der Waals surface area contributed by atoms with Crippen LogP contribution >= 0.6 is 0 Å². The van der Waals surface area contributed by atoms with Crippen molar-refractivity contribution in [3.63, 3.8) is 0 Å². The second-order valence-electron chi connectivity index (χ2n) is 6.39. The van der Waals surface area contributed by atoms with Crippen LogP contribution in [-0.4, -0.2) is 19.2 Å². The number of allylic oxidation sites excluding steroid dienone is 1. The van der Waals surface area contributed by atoms with Gasteiger partial charge in [0.15, 0.2) is 11.5 Å². The lowest BCUT2D eigenvalue weighted by Gasteiger charge is -2.18. The molecule has 1 heterocycles. The molecule has 26 heavy (non-hydrogen) atoms. The number of nitrogens with zero attached hydrogens (tertiary/aromatic N) is 1. The first-order valence-electron chi connectivity index (χ1n) is 8.71. The van der Waals surface area contributed by atoms with Crippen LogP contribution in [0.2, 0.25) is 0 Å². The minimum atomic E-state index is 0.692. The van der Waals surface area contributed by atoms with Gasteiger partial charge in [0.2, 0.25) is 0 Å². The van der Waals surface area contributed by atoms with Crippen molar-refractivity contribution in [3.8, 4) is 11.5 Å². The van der Waals surface area contributed by atoms with E-state index in [-0.39, 0.29) is 0 Å². The van der Waals surface area contributed by atoms with Crippen molar-refractivity contribution in [2.24, 2.45) is 0 Å². The molecule has 0 aliphatic heterocycles. The van der Waals surface area contributed by atoms with Crippen molar-refractivity contribution < 1.29 is 9.47 Å². The molecule has 3 heteroatoms. The maximum Gasteiger partial charge on any atom is 0.161 e. The van der Waals surface area contributed by atoms with E-state index in [1.165, 1.54) is 11.1 Å². The normalized spacial score (nSPS) is 12.7. The van der Waals surface area contributed by atoms with E-state index in [0.717, 1.165) is 40.4 Å². The van der Waals surface area contributed by atoms with Gasteiger partial charge in [-0.05, 0) is 53.1 Å². The van der Waals surface area contributed by atoms with E-state index in [4.69, 9.17) is 9.47 Å². The summed E-state index contributed by atoms with van der Waals surface area (Å²) < 4.78 is 10.9. The Morgan fingerprint density at radius 1 is 1.08 bits per heavy atom. The van der Waals surface area contributed by atoms with Gasteiger partial charge in [-0.25, -0.2) is 0 Å². The topological polar surface area (TPSA) is 31.4 Å². The molecule has 3 nitrogen and oxygen atoms in total.